The van der Waals surface area contributed by atoms with Crippen molar-refractivity contribution in [2.75, 3.05) is 6.61 Å². The number of aryl methyl sites for hydroxylation is 1. The molecule has 0 saturated heterocycles. The number of rotatable bonds is 29. The van der Waals surface area contributed by atoms with Gasteiger partial charge in [0.25, 0.3) is 0 Å². The van der Waals surface area contributed by atoms with Crippen LogP contribution in [0.25, 0.3) is 0 Å². The SMILES string of the molecule is CC.CC.CC.CC.CC.CC(C)CCOc1ccccc1SSC(C)C.CC(C)CCc1ccccc1SSC(C)C.CC(C)Cc1ccc(SSC(C)C)cc1.CC(C)Cc1ccccc1CSSC(C)C.CC(C)Cc1cocc1CSSC(C)(C)C. The van der Waals surface area contributed by atoms with E-state index in [2.05, 4.69) is 236 Å². The van der Waals surface area contributed by atoms with Gasteiger partial charge in [-0.2, -0.15) is 0 Å². The molecule has 0 aliphatic carbocycles. The number of para-hydroxylation sites is 1. The number of hydrogen-bond acceptors (Lipinski definition) is 12. The highest BCUT2D eigenvalue weighted by Crippen LogP contribution is 2.41. The fourth-order valence-electron chi connectivity index (χ4n) is 6.82. The lowest BCUT2D eigenvalue weighted by Gasteiger charge is -2.16. The van der Waals surface area contributed by atoms with E-state index in [-0.39, 0.29) is 0 Å². The second-order valence-corrected chi connectivity index (χ2v) is 38.8. The van der Waals surface area contributed by atoms with Gasteiger partial charge in [-0.05, 0) is 126 Å². The van der Waals surface area contributed by atoms with E-state index in [1.165, 1.54) is 73.8 Å². The van der Waals surface area contributed by atoms with Crippen LogP contribution in [0.5, 0.6) is 5.75 Å². The van der Waals surface area contributed by atoms with E-state index in [0.29, 0.717) is 37.6 Å². The summed E-state index contributed by atoms with van der Waals surface area (Å²) in [5.41, 5.74) is 8.72. The topological polar surface area (TPSA) is 22.4 Å². The quantitative estimate of drug-likeness (QED) is 0.0426. The Balaban J connectivity index is -0.000000323. The van der Waals surface area contributed by atoms with Crippen molar-refractivity contribution in [2.24, 2.45) is 29.6 Å². The van der Waals surface area contributed by atoms with Crippen LogP contribution >= 0.6 is 108 Å². The highest BCUT2D eigenvalue weighted by atomic mass is 33.1. The van der Waals surface area contributed by atoms with Crippen LogP contribution in [0, 0.1) is 29.6 Å². The van der Waals surface area contributed by atoms with Crippen molar-refractivity contribution in [2.45, 2.75) is 305 Å². The Hall–Kier alpha value is -0.540. The standard InChI is InChI=1S/C14H22OS2.2C14H22S2.C13H22OS2.C13H20S2.5C2H6/c1-11(2)9-10-15-13-7-5-6-8-14(13)17-16-12(3)4;1-11(2)9-13-7-5-6-8-14(13)10-15-16-12(3)4;1-11(2)9-10-13-7-5-6-8-14(13)16-15-12(3)4;1-10(2)6-11-7-14-8-12(11)9-15-16-13(3,4)5;1-10(2)9-12-5-7-13(8-6-12)15-14-11(3)4;5*1-2/h5-8,11-12H,9-10H2,1-4H3;2*5-8,11-12H,9-10H2,1-4H3;7-8,10H,6,9H2,1-5H3;5-8,10-11H,9H2,1-4H3;5*1-2H3. The number of furan rings is 1. The maximum atomic E-state index is 5.85. The molecular formula is C78H138O2S10. The predicted octanol–water partition coefficient (Wildman–Crippen LogP) is 31.2. The molecule has 0 amide bonds. The van der Waals surface area contributed by atoms with Crippen LogP contribution in [0.15, 0.2) is 129 Å². The Morgan fingerprint density at radius 2 is 0.789 bits per heavy atom. The first-order chi connectivity index (χ1) is 42.7. The Morgan fingerprint density at radius 3 is 1.27 bits per heavy atom. The third kappa shape index (κ3) is 61.1. The molecule has 0 radical (unpaired) electrons. The van der Waals surface area contributed by atoms with E-state index < -0.39 is 0 Å². The molecular weight excluding hydrogens is 1290 g/mol. The minimum absolute atomic E-state index is 0.326. The number of ether oxygens (including phenoxy) is 1. The lowest BCUT2D eigenvalue weighted by atomic mass is 9.99. The average molecular weight is 1430 g/mol. The van der Waals surface area contributed by atoms with Crippen molar-refractivity contribution in [1.82, 2.24) is 0 Å². The molecule has 0 N–H and O–H groups in total. The maximum Gasteiger partial charge on any atom is 0.133 e. The van der Waals surface area contributed by atoms with E-state index in [1.54, 1.807) is 10.8 Å². The zero-order valence-corrected chi connectivity index (χ0v) is 71.5. The van der Waals surface area contributed by atoms with Crippen LogP contribution in [0.2, 0.25) is 0 Å². The summed E-state index contributed by atoms with van der Waals surface area (Å²) < 4.78 is 11.5. The molecule has 5 aromatic rings. The van der Waals surface area contributed by atoms with Gasteiger partial charge in [0.05, 0.1) is 24.0 Å². The van der Waals surface area contributed by atoms with Crippen molar-refractivity contribution in [3.8, 4) is 5.75 Å². The van der Waals surface area contributed by atoms with Crippen LogP contribution in [-0.4, -0.2) is 32.4 Å². The summed E-state index contributed by atoms with van der Waals surface area (Å²) in [5.74, 6) is 6.85. The monoisotopic (exact) mass is 1430 g/mol. The van der Waals surface area contributed by atoms with Crippen LogP contribution in [0.4, 0.5) is 0 Å². The molecule has 4 aromatic carbocycles. The summed E-state index contributed by atoms with van der Waals surface area (Å²) in [6.45, 7) is 68.0. The van der Waals surface area contributed by atoms with Gasteiger partial charge in [0.15, 0.2) is 0 Å². The minimum Gasteiger partial charge on any atom is -0.492 e. The molecule has 2 nitrogen and oxygen atoms in total. The Bertz CT molecular complexity index is 2230. The lowest BCUT2D eigenvalue weighted by molar-refractivity contribution is 0.283. The van der Waals surface area contributed by atoms with Crippen LogP contribution in [0.1, 0.15) is 261 Å². The first kappa shape index (κ1) is 98.1. The van der Waals surface area contributed by atoms with E-state index in [9.17, 15) is 0 Å². The fourth-order valence-corrected chi connectivity index (χ4v) is 17.2. The fraction of sp³-hybridized carbons (Fsp3) is 0.641. The Morgan fingerprint density at radius 1 is 0.378 bits per heavy atom. The van der Waals surface area contributed by atoms with Crippen molar-refractivity contribution in [1.29, 1.82) is 0 Å². The van der Waals surface area contributed by atoms with Gasteiger partial charge < -0.3 is 9.15 Å². The van der Waals surface area contributed by atoms with Gasteiger partial charge in [0, 0.05) is 52.6 Å². The van der Waals surface area contributed by atoms with E-state index in [0.717, 1.165) is 54.5 Å². The van der Waals surface area contributed by atoms with Crippen LogP contribution < -0.4 is 4.74 Å². The summed E-state index contributed by atoms with van der Waals surface area (Å²) in [6, 6.07) is 34.9. The van der Waals surface area contributed by atoms with Crippen molar-refractivity contribution < 1.29 is 9.15 Å². The van der Waals surface area contributed by atoms with Gasteiger partial charge in [-0.25, -0.2) is 0 Å². The summed E-state index contributed by atoms with van der Waals surface area (Å²) in [5, 5.41) is 2.71. The van der Waals surface area contributed by atoms with Crippen LogP contribution in [0.3, 0.4) is 0 Å². The third-order valence-electron chi connectivity index (χ3n) is 10.5. The lowest BCUT2D eigenvalue weighted by Crippen LogP contribution is -2.04. The summed E-state index contributed by atoms with van der Waals surface area (Å²) in [6.07, 6.45) is 10.9. The van der Waals surface area contributed by atoms with E-state index in [1.807, 2.05) is 185 Å². The Labute approximate surface area is 601 Å². The third-order valence-corrected chi connectivity index (χ3v) is 25.6. The summed E-state index contributed by atoms with van der Waals surface area (Å²) in [7, 11) is 19.1. The molecule has 0 aliphatic rings. The van der Waals surface area contributed by atoms with Crippen molar-refractivity contribution in [3.63, 3.8) is 0 Å². The van der Waals surface area contributed by atoms with Crippen LogP contribution in [-0.2, 0) is 37.2 Å². The molecule has 0 spiro atoms. The highest BCUT2D eigenvalue weighted by Gasteiger charge is 2.14. The molecule has 1 aromatic heterocycles. The molecule has 0 saturated carbocycles. The molecule has 90 heavy (non-hydrogen) atoms. The van der Waals surface area contributed by atoms with Gasteiger partial charge in [0.1, 0.15) is 5.75 Å². The second kappa shape index (κ2) is 65.7. The maximum absolute atomic E-state index is 5.85. The van der Waals surface area contributed by atoms with Gasteiger partial charge in [-0.15, -0.1) is 0 Å². The zero-order valence-electron chi connectivity index (χ0n) is 63.4. The molecule has 0 fully saturated rings. The molecule has 0 atom stereocenters. The van der Waals surface area contributed by atoms with Gasteiger partial charge >= 0.3 is 0 Å². The summed E-state index contributed by atoms with van der Waals surface area (Å²) >= 11 is 0. The molecule has 12 heteroatoms. The van der Waals surface area contributed by atoms with E-state index in [4.69, 9.17) is 9.15 Å². The molecule has 0 aliphatic heterocycles. The predicted molar refractivity (Wildman–Crippen MR) is 443 cm³/mol. The molecule has 1 heterocycles. The van der Waals surface area contributed by atoms with Gasteiger partial charge in [-0.3, -0.25) is 0 Å². The number of hydrogen-bond donors (Lipinski definition) is 0. The number of benzene rings is 4. The normalized spacial score (nSPS) is 10.6. The zero-order chi connectivity index (χ0) is 70.0. The van der Waals surface area contributed by atoms with Crippen molar-refractivity contribution in [3.05, 3.63) is 143 Å². The molecule has 5 rings (SSSR count). The molecule has 522 valence electrons. The smallest absolute Gasteiger partial charge is 0.133 e. The summed E-state index contributed by atoms with van der Waals surface area (Å²) in [4.78, 5) is 4.04. The highest BCUT2D eigenvalue weighted by molar-refractivity contribution is 8.78. The van der Waals surface area contributed by atoms with Crippen molar-refractivity contribution >= 4 is 108 Å². The first-order valence-electron chi connectivity index (χ1n) is 34.3. The minimum atomic E-state index is 0.326. The van der Waals surface area contributed by atoms with Gasteiger partial charge in [-0.1, -0.05) is 389 Å². The molecule has 0 bridgehead atoms. The average Bonchev–Trinajstić information content (AvgIpc) is 3.92. The largest absolute Gasteiger partial charge is 0.492 e. The first-order valence-corrected chi connectivity index (χ1v) is 45.7. The van der Waals surface area contributed by atoms with E-state index >= 15 is 0 Å². The van der Waals surface area contributed by atoms with Gasteiger partial charge in [0.2, 0.25) is 0 Å². The second-order valence-electron chi connectivity index (χ2n) is 24.2. The molecule has 0 unspecified atom stereocenters. The Kier molecular flexibility index (Phi) is 71.7.